The summed E-state index contributed by atoms with van der Waals surface area (Å²) >= 11 is 21.9. The lowest BCUT2D eigenvalue weighted by Crippen LogP contribution is -2.36. The molecular formula is C9H14Br6. The van der Waals surface area contributed by atoms with Crippen LogP contribution >= 0.6 is 95.6 Å². The summed E-state index contributed by atoms with van der Waals surface area (Å²) in [7, 11) is 0. The summed E-state index contributed by atoms with van der Waals surface area (Å²) in [5.41, 5.74) is 0. The third-order valence-corrected chi connectivity index (χ3v) is 9.59. The molecule has 0 radical (unpaired) electrons. The minimum absolute atomic E-state index is 0.122. The number of hydrogen-bond acceptors (Lipinski definition) is 0. The lowest BCUT2D eigenvalue weighted by Gasteiger charge is -2.33. The average molecular weight is 602 g/mol. The highest BCUT2D eigenvalue weighted by Gasteiger charge is 2.35. The first-order chi connectivity index (χ1) is 6.85. The zero-order valence-corrected chi connectivity index (χ0v) is 17.8. The van der Waals surface area contributed by atoms with Crippen molar-refractivity contribution in [2.45, 2.75) is 38.6 Å². The molecule has 0 aliphatic heterocycles. The molecule has 0 heterocycles. The van der Waals surface area contributed by atoms with Crippen LogP contribution in [0.4, 0.5) is 0 Å². The van der Waals surface area contributed by atoms with E-state index in [2.05, 4.69) is 103 Å². The molecule has 0 aromatic carbocycles. The highest BCUT2D eigenvalue weighted by Crippen LogP contribution is 2.40. The summed E-state index contributed by atoms with van der Waals surface area (Å²) in [6.07, 6.45) is 2.17. The van der Waals surface area contributed by atoms with Gasteiger partial charge in [0.05, 0.1) is 0 Å². The highest BCUT2D eigenvalue weighted by atomic mass is 79.9. The Balaban J connectivity index is 4.44. The molecular weight excluding hydrogens is 588 g/mol. The van der Waals surface area contributed by atoms with Gasteiger partial charge < -0.3 is 0 Å². The van der Waals surface area contributed by atoms with Gasteiger partial charge in [0.25, 0.3) is 0 Å². The van der Waals surface area contributed by atoms with Crippen molar-refractivity contribution in [3.8, 4) is 0 Å². The molecule has 6 heteroatoms. The first-order valence-electron chi connectivity index (χ1n) is 4.58. The van der Waals surface area contributed by atoms with Gasteiger partial charge in [0.2, 0.25) is 0 Å². The van der Waals surface area contributed by atoms with E-state index in [0.717, 1.165) is 23.5 Å². The van der Waals surface area contributed by atoms with E-state index < -0.39 is 0 Å². The zero-order chi connectivity index (χ0) is 12.1. The van der Waals surface area contributed by atoms with Crippen molar-refractivity contribution in [1.82, 2.24) is 0 Å². The maximum atomic E-state index is 3.88. The third-order valence-electron chi connectivity index (χ3n) is 2.17. The van der Waals surface area contributed by atoms with Gasteiger partial charge in [0, 0.05) is 29.5 Å². The van der Waals surface area contributed by atoms with Gasteiger partial charge in [-0.05, 0) is 12.8 Å². The molecule has 3 unspecified atom stereocenters. The minimum atomic E-state index is 0.122. The lowest BCUT2D eigenvalue weighted by molar-refractivity contribution is 0.520. The van der Waals surface area contributed by atoms with Crippen LogP contribution in [0.3, 0.4) is 0 Å². The molecule has 0 nitrogen and oxygen atoms in total. The van der Waals surface area contributed by atoms with E-state index in [1.54, 1.807) is 0 Å². The largest absolute Gasteiger partial charge is 0.0916 e. The Labute approximate surface area is 143 Å². The van der Waals surface area contributed by atoms with Gasteiger partial charge in [-0.15, -0.1) is 0 Å². The molecule has 92 valence electrons. The molecule has 15 heavy (non-hydrogen) atoms. The second-order valence-corrected chi connectivity index (χ2v) is 10.4. The number of rotatable bonds is 7. The first-order valence-corrected chi connectivity index (χ1v) is 10.4. The summed E-state index contributed by atoms with van der Waals surface area (Å²) in [6, 6.07) is 0. The van der Waals surface area contributed by atoms with Crippen molar-refractivity contribution in [3.05, 3.63) is 0 Å². The first kappa shape index (κ1) is 17.9. The minimum Gasteiger partial charge on any atom is -0.0916 e. The normalized spacial score (nSPS) is 21.8. The fourth-order valence-corrected chi connectivity index (χ4v) is 4.89. The maximum Gasteiger partial charge on any atom is 0.0401 e. The van der Waals surface area contributed by atoms with E-state index in [9.17, 15) is 0 Å². The molecule has 0 amide bonds. The average Bonchev–Trinajstić information content (AvgIpc) is 2.16. The Hall–Kier alpha value is 2.88. The SMILES string of the molecule is CC(Br)C(Br)(CC(Br)CBr)CC(Br)CBr. The topological polar surface area (TPSA) is 0 Å². The van der Waals surface area contributed by atoms with Gasteiger partial charge in [-0.2, -0.15) is 0 Å². The van der Waals surface area contributed by atoms with Crippen molar-refractivity contribution < 1.29 is 0 Å². The smallest absolute Gasteiger partial charge is 0.0401 e. The van der Waals surface area contributed by atoms with E-state index in [4.69, 9.17) is 0 Å². The molecule has 0 aromatic rings. The van der Waals surface area contributed by atoms with Crippen molar-refractivity contribution in [1.29, 1.82) is 0 Å². The van der Waals surface area contributed by atoms with Crippen LogP contribution in [0.5, 0.6) is 0 Å². The molecule has 0 saturated carbocycles. The van der Waals surface area contributed by atoms with E-state index in [0.29, 0.717) is 14.5 Å². The highest BCUT2D eigenvalue weighted by molar-refractivity contribution is 9.13. The molecule has 0 aliphatic carbocycles. The monoisotopic (exact) mass is 596 g/mol. The zero-order valence-electron chi connectivity index (χ0n) is 8.33. The van der Waals surface area contributed by atoms with Crippen LogP contribution in [0, 0.1) is 0 Å². The fourth-order valence-electron chi connectivity index (χ4n) is 1.25. The van der Waals surface area contributed by atoms with Crippen LogP contribution in [-0.4, -0.2) is 29.5 Å². The van der Waals surface area contributed by atoms with E-state index in [1.165, 1.54) is 0 Å². The number of hydrogen-bond donors (Lipinski definition) is 0. The van der Waals surface area contributed by atoms with Crippen LogP contribution < -0.4 is 0 Å². The number of alkyl halides is 6. The van der Waals surface area contributed by atoms with E-state index in [1.807, 2.05) is 0 Å². The Morgan fingerprint density at radius 3 is 1.47 bits per heavy atom. The van der Waals surface area contributed by atoms with Gasteiger partial charge >= 0.3 is 0 Å². The van der Waals surface area contributed by atoms with Crippen LogP contribution in [0.15, 0.2) is 0 Å². The second-order valence-electron chi connectivity index (χ2n) is 3.56. The molecule has 0 rings (SSSR count). The molecule has 0 aliphatic rings. The molecule has 0 aromatic heterocycles. The van der Waals surface area contributed by atoms with Gasteiger partial charge in [0.15, 0.2) is 0 Å². The van der Waals surface area contributed by atoms with E-state index in [-0.39, 0.29) is 4.32 Å². The summed E-state index contributed by atoms with van der Waals surface area (Å²) < 4.78 is 0.122. The van der Waals surface area contributed by atoms with Crippen LogP contribution in [0.1, 0.15) is 19.8 Å². The van der Waals surface area contributed by atoms with Crippen molar-refractivity contribution in [2.24, 2.45) is 0 Å². The molecule has 3 atom stereocenters. The fraction of sp³-hybridized carbons (Fsp3) is 1.00. The summed E-state index contributed by atoms with van der Waals surface area (Å²) in [6.45, 7) is 2.19. The predicted molar refractivity (Wildman–Crippen MR) is 92.3 cm³/mol. The third kappa shape index (κ3) is 7.14. The molecule has 0 spiro atoms. The Bertz CT molecular complexity index is 160. The molecule has 0 N–H and O–H groups in total. The van der Waals surface area contributed by atoms with Crippen molar-refractivity contribution in [3.63, 3.8) is 0 Å². The van der Waals surface area contributed by atoms with E-state index >= 15 is 0 Å². The standard InChI is InChI=1S/C9H14Br6/c1-6(12)9(15,2-7(13)4-10)3-8(14)5-11/h6-8H,2-5H2,1H3. The predicted octanol–water partition coefficient (Wildman–Crippen LogP) is 6.00. The van der Waals surface area contributed by atoms with Gasteiger partial charge in [0.1, 0.15) is 0 Å². The van der Waals surface area contributed by atoms with Crippen LogP contribution in [0.25, 0.3) is 0 Å². The summed E-state index contributed by atoms with van der Waals surface area (Å²) in [5.74, 6) is 0. The summed E-state index contributed by atoms with van der Waals surface area (Å²) in [5, 5.41) is 1.95. The number of halogens is 6. The molecule has 0 fully saturated rings. The van der Waals surface area contributed by atoms with Gasteiger partial charge in [-0.25, -0.2) is 0 Å². The Morgan fingerprint density at radius 2 is 1.27 bits per heavy atom. The quantitative estimate of drug-likeness (QED) is 0.314. The van der Waals surface area contributed by atoms with Crippen molar-refractivity contribution >= 4 is 95.6 Å². The maximum absolute atomic E-state index is 3.88. The molecule has 0 bridgehead atoms. The lowest BCUT2D eigenvalue weighted by atomic mass is 9.95. The van der Waals surface area contributed by atoms with Gasteiger partial charge in [-0.3, -0.25) is 0 Å². The Morgan fingerprint density at radius 1 is 0.933 bits per heavy atom. The van der Waals surface area contributed by atoms with Crippen LogP contribution in [-0.2, 0) is 0 Å². The molecule has 0 saturated heterocycles. The van der Waals surface area contributed by atoms with Crippen LogP contribution in [0.2, 0.25) is 0 Å². The Kier molecular flexibility index (Phi) is 10.6. The second kappa shape index (κ2) is 8.89. The van der Waals surface area contributed by atoms with Gasteiger partial charge in [-0.1, -0.05) is 103 Å². The van der Waals surface area contributed by atoms with Crippen molar-refractivity contribution in [2.75, 3.05) is 10.7 Å². The summed E-state index contributed by atoms with van der Waals surface area (Å²) in [4.78, 5) is 1.42.